The second-order valence-electron chi connectivity index (χ2n) is 4.46. The number of hydrogen-bond acceptors (Lipinski definition) is 3. The lowest BCUT2D eigenvalue weighted by atomic mass is 10.1. The first kappa shape index (κ1) is 11.9. The van der Waals surface area contributed by atoms with Gasteiger partial charge in [0, 0.05) is 23.1 Å². The predicted molar refractivity (Wildman–Crippen MR) is 68.5 cm³/mol. The first-order chi connectivity index (χ1) is 7.66. The first-order valence-corrected chi connectivity index (χ1v) is 6.50. The molecular formula is C12H17BrN2O. The van der Waals surface area contributed by atoms with Gasteiger partial charge in [-0.15, -0.1) is 0 Å². The Bertz CT molecular complexity index is 370. The fourth-order valence-electron chi connectivity index (χ4n) is 2.13. The van der Waals surface area contributed by atoms with Gasteiger partial charge < -0.3 is 10.4 Å². The van der Waals surface area contributed by atoms with Crippen LogP contribution in [0.1, 0.15) is 24.8 Å². The Morgan fingerprint density at radius 3 is 3.00 bits per heavy atom. The molecule has 1 aliphatic rings. The maximum atomic E-state index is 9.70. The van der Waals surface area contributed by atoms with Crippen LogP contribution in [0.4, 0.5) is 5.82 Å². The van der Waals surface area contributed by atoms with E-state index in [1.54, 1.807) is 0 Å². The molecule has 2 unspecified atom stereocenters. The molecule has 2 rings (SSSR count). The van der Waals surface area contributed by atoms with E-state index in [1.807, 2.05) is 19.2 Å². The number of nitrogens with one attached hydrogen (secondary N) is 1. The average Bonchev–Trinajstić information content (AvgIpc) is 2.66. The highest BCUT2D eigenvalue weighted by atomic mass is 79.9. The minimum atomic E-state index is -0.135. The molecule has 4 heteroatoms. The van der Waals surface area contributed by atoms with E-state index < -0.39 is 0 Å². The Hall–Kier alpha value is -0.610. The molecule has 0 spiro atoms. The SMILES string of the molecule is Cc1cc(NCC2CCCC2O)ncc1Br. The molecule has 2 atom stereocenters. The van der Waals surface area contributed by atoms with Gasteiger partial charge in [0.2, 0.25) is 0 Å². The van der Waals surface area contributed by atoms with Crippen LogP contribution >= 0.6 is 15.9 Å². The van der Waals surface area contributed by atoms with Crippen LogP contribution < -0.4 is 5.32 Å². The molecular weight excluding hydrogens is 268 g/mol. The summed E-state index contributed by atoms with van der Waals surface area (Å²) in [5, 5.41) is 13.0. The van der Waals surface area contributed by atoms with E-state index in [9.17, 15) is 5.11 Å². The highest BCUT2D eigenvalue weighted by Crippen LogP contribution is 2.26. The lowest BCUT2D eigenvalue weighted by Gasteiger charge is -2.15. The van der Waals surface area contributed by atoms with Gasteiger partial charge in [0.15, 0.2) is 0 Å². The number of aliphatic hydroxyl groups excluding tert-OH is 1. The Morgan fingerprint density at radius 1 is 1.56 bits per heavy atom. The van der Waals surface area contributed by atoms with Gasteiger partial charge in [-0.3, -0.25) is 0 Å². The van der Waals surface area contributed by atoms with Crippen LogP contribution in [0.25, 0.3) is 0 Å². The molecule has 2 N–H and O–H groups in total. The second-order valence-corrected chi connectivity index (χ2v) is 5.31. The lowest BCUT2D eigenvalue weighted by Crippen LogP contribution is -2.22. The summed E-state index contributed by atoms with van der Waals surface area (Å²) in [6.07, 6.45) is 4.87. The van der Waals surface area contributed by atoms with E-state index in [2.05, 4.69) is 26.2 Å². The van der Waals surface area contributed by atoms with Gasteiger partial charge >= 0.3 is 0 Å². The highest BCUT2D eigenvalue weighted by Gasteiger charge is 2.24. The van der Waals surface area contributed by atoms with Crippen LogP contribution in [0.5, 0.6) is 0 Å². The molecule has 0 bridgehead atoms. The quantitative estimate of drug-likeness (QED) is 0.897. The summed E-state index contributed by atoms with van der Waals surface area (Å²) in [4.78, 5) is 4.29. The van der Waals surface area contributed by atoms with E-state index in [4.69, 9.17) is 0 Å². The van der Waals surface area contributed by atoms with Crippen LogP contribution in [0.2, 0.25) is 0 Å². The molecule has 1 saturated carbocycles. The topological polar surface area (TPSA) is 45.1 Å². The number of rotatable bonds is 3. The van der Waals surface area contributed by atoms with Crippen LogP contribution in [-0.4, -0.2) is 22.7 Å². The zero-order chi connectivity index (χ0) is 11.5. The van der Waals surface area contributed by atoms with Crippen molar-refractivity contribution < 1.29 is 5.11 Å². The summed E-state index contributed by atoms with van der Waals surface area (Å²) in [7, 11) is 0. The minimum absolute atomic E-state index is 0.135. The van der Waals surface area contributed by atoms with Crippen LogP contribution in [-0.2, 0) is 0 Å². The molecule has 1 fully saturated rings. The average molecular weight is 285 g/mol. The maximum Gasteiger partial charge on any atom is 0.126 e. The predicted octanol–water partition coefficient (Wildman–Crippen LogP) is 2.73. The zero-order valence-electron chi connectivity index (χ0n) is 9.41. The molecule has 3 nitrogen and oxygen atoms in total. The van der Waals surface area contributed by atoms with Crippen molar-refractivity contribution in [2.45, 2.75) is 32.3 Å². The normalized spacial score (nSPS) is 24.7. The molecule has 1 aromatic heterocycles. The Labute approximate surface area is 104 Å². The maximum absolute atomic E-state index is 9.70. The Morgan fingerprint density at radius 2 is 2.38 bits per heavy atom. The van der Waals surface area contributed by atoms with Crippen molar-refractivity contribution in [3.8, 4) is 0 Å². The number of hydrogen-bond donors (Lipinski definition) is 2. The van der Waals surface area contributed by atoms with Crippen molar-refractivity contribution in [1.29, 1.82) is 0 Å². The van der Waals surface area contributed by atoms with E-state index in [0.717, 1.165) is 36.1 Å². The van der Waals surface area contributed by atoms with Gasteiger partial charge in [0.25, 0.3) is 0 Å². The number of aromatic nitrogens is 1. The van der Waals surface area contributed by atoms with E-state index in [-0.39, 0.29) is 6.10 Å². The van der Waals surface area contributed by atoms with Crippen LogP contribution in [0.15, 0.2) is 16.7 Å². The summed E-state index contributed by atoms with van der Waals surface area (Å²) in [5.74, 6) is 1.27. The largest absolute Gasteiger partial charge is 0.393 e. The number of pyridine rings is 1. The third-order valence-corrected chi connectivity index (χ3v) is 4.04. The molecule has 0 amide bonds. The van der Waals surface area contributed by atoms with Crippen molar-refractivity contribution in [3.05, 3.63) is 22.3 Å². The molecule has 1 aliphatic carbocycles. The van der Waals surface area contributed by atoms with Gasteiger partial charge in [0.05, 0.1) is 6.10 Å². The second kappa shape index (κ2) is 5.15. The van der Waals surface area contributed by atoms with Crippen molar-refractivity contribution in [2.75, 3.05) is 11.9 Å². The van der Waals surface area contributed by atoms with Crippen molar-refractivity contribution in [3.63, 3.8) is 0 Å². The van der Waals surface area contributed by atoms with Gasteiger partial charge in [0.1, 0.15) is 5.82 Å². The molecule has 1 heterocycles. The van der Waals surface area contributed by atoms with E-state index in [0.29, 0.717) is 5.92 Å². The number of aliphatic hydroxyl groups is 1. The van der Waals surface area contributed by atoms with Gasteiger partial charge in [-0.2, -0.15) is 0 Å². The summed E-state index contributed by atoms with van der Waals surface area (Å²) in [5.41, 5.74) is 1.17. The lowest BCUT2D eigenvalue weighted by molar-refractivity contribution is 0.138. The molecule has 0 saturated heterocycles. The van der Waals surface area contributed by atoms with Crippen molar-refractivity contribution in [2.24, 2.45) is 5.92 Å². The van der Waals surface area contributed by atoms with Crippen LogP contribution in [0.3, 0.4) is 0 Å². The smallest absolute Gasteiger partial charge is 0.126 e. The molecule has 88 valence electrons. The standard InChI is InChI=1S/C12H17BrN2O/c1-8-5-12(15-7-10(8)13)14-6-9-3-2-4-11(9)16/h5,7,9,11,16H,2-4,6H2,1H3,(H,14,15). The molecule has 0 radical (unpaired) electrons. The molecule has 16 heavy (non-hydrogen) atoms. The fraction of sp³-hybridized carbons (Fsp3) is 0.583. The summed E-state index contributed by atoms with van der Waals surface area (Å²) >= 11 is 3.43. The third-order valence-electron chi connectivity index (χ3n) is 3.21. The van der Waals surface area contributed by atoms with Gasteiger partial charge in [-0.1, -0.05) is 6.42 Å². The van der Waals surface area contributed by atoms with Crippen LogP contribution in [0, 0.1) is 12.8 Å². The summed E-state index contributed by atoms with van der Waals surface area (Å²) < 4.78 is 1.03. The Balaban J connectivity index is 1.91. The fourth-order valence-corrected chi connectivity index (χ4v) is 2.34. The number of nitrogens with zero attached hydrogens (tertiary/aromatic N) is 1. The highest BCUT2D eigenvalue weighted by molar-refractivity contribution is 9.10. The van der Waals surface area contributed by atoms with Crippen molar-refractivity contribution >= 4 is 21.7 Å². The summed E-state index contributed by atoms with van der Waals surface area (Å²) in [6.45, 7) is 2.86. The number of aryl methyl sites for hydroxylation is 1. The zero-order valence-corrected chi connectivity index (χ0v) is 11.0. The molecule has 0 aromatic carbocycles. The summed E-state index contributed by atoms with van der Waals surface area (Å²) in [6, 6.07) is 2.02. The Kier molecular flexibility index (Phi) is 3.82. The van der Waals surface area contributed by atoms with Gasteiger partial charge in [-0.25, -0.2) is 4.98 Å². The van der Waals surface area contributed by atoms with Gasteiger partial charge in [-0.05, 0) is 47.3 Å². The number of anilines is 1. The molecule has 1 aromatic rings. The number of halogens is 1. The minimum Gasteiger partial charge on any atom is -0.393 e. The monoisotopic (exact) mass is 284 g/mol. The van der Waals surface area contributed by atoms with Crippen molar-refractivity contribution in [1.82, 2.24) is 4.98 Å². The third kappa shape index (κ3) is 2.74. The van der Waals surface area contributed by atoms with E-state index in [1.165, 1.54) is 5.56 Å². The molecule has 0 aliphatic heterocycles. The van der Waals surface area contributed by atoms with E-state index >= 15 is 0 Å². The first-order valence-electron chi connectivity index (χ1n) is 5.71.